The van der Waals surface area contributed by atoms with Gasteiger partial charge in [0.1, 0.15) is 11.6 Å². The highest BCUT2D eigenvalue weighted by molar-refractivity contribution is 5.77. The van der Waals surface area contributed by atoms with Crippen molar-refractivity contribution in [3.8, 4) is 17.1 Å². The van der Waals surface area contributed by atoms with Crippen LogP contribution >= 0.6 is 0 Å². The van der Waals surface area contributed by atoms with Crippen LogP contribution in [0.25, 0.3) is 11.4 Å². The Labute approximate surface area is 198 Å². The van der Waals surface area contributed by atoms with Crippen LogP contribution in [0.4, 0.5) is 5.82 Å². The van der Waals surface area contributed by atoms with Crippen molar-refractivity contribution < 1.29 is 14.1 Å². The Bertz CT molecular complexity index is 1140. The summed E-state index contributed by atoms with van der Waals surface area (Å²) in [5, 5.41) is 4.28. The molecule has 1 unspecified atom stereocenters. The standard InChI is InChI=1S/C25H30N6O3/c1-33-21-7-3-2-5-19(21)16-31-12-4-6-20(31)25-28-24(29-34-25)18-8-11-27-22(15-18)30-13-9-17(10-14-30)23(26)32/h2-3,5,7-8,11,15,17,20H,4,6,9-10,12-14,16H2,1H3,(H2,26,32). The van der Waals surface area contributed by atoms with Gasteiger partial charge in [-0.3, -0.25) is 9.69 Å². The van der Waals surface area contributed by atoms with Gasteiger partial charge in [0.2, 0.25) is 17.6 Å². The van der Waals surface area contributed by atoms with Gasteiger partial charge in [-0.05, 0) is 50.4 Å². The number of hydrogen-bond donors (Lipinski definition) is 1. The Kier molecular flexibility index (Phi) is 6.44. The number of para-hydroxylation sites is 1. The van der Waals surface area contributed by atoms with Gasteiger partial charge < -0.3 is 19.9 Å². The molecule has 0 bridgehead atoms. The maximum absolute atomic E-state index is 11.5. The van der Waals surface area contributed by atoms with Crippen LogP contribution in [0.1, 0.15) is 43.2 Å². The first-order valence-electron chi connectivity index (χ1n) is 11.8. The Balaban J connectivity index is 1.30. The molecule has 1 amide bonds. The number of carbonyl (C=O) groups is 1. The Morgan fingerprint density at radius 3 is 2.79 bits per heavy atom. The van der Waals surface area contributed by atoms with Crippen LogP contribution in [0.15, 0.2) is 47.1 Å². The zero-order chi connectivity index (χ0) is 23.5. The molecule has 0 spiro atoms. The number of anilines is 1. The van der Waals surface area contributed by atoms with Crippen LogP contribution in [0, 0.1) is 5.92 Å². The van der Waals surface area contributed by atoms with Crippen LogP contribution in [-0.4, -0.2) is 52.7 Å². The second kappa shape index (κ2) is 9.80. The molecule has 0 radical (unpaired) electrons. The van der Waals surface area contributed by atoms with Crippen molar-refractivity contribution in [2.75, 3.05) is 31.6 Å². The molecular weight excluding hydrogens is 432 g/mol. The average molecular weight is 463 g/mol. The van der Waals surface area contributed by atoms with Gasteiger partial charge in [-0.15, -0.1) is 0 Å². The van der Waals surface area contributed by atoms with Gasteiger partial charge >= 0.3 is 0 Å². The highest BCUT2D eigenvalue weighted by Crippen LogP contribution is 2.35. The fraction of sp³-hybridized carbons (Fsp3) is 0.440. The van der Waals surface area contributed by atoms with E-state index in [0.29, 0.717) is 11.7 Å². The first kappa shape index (κ1) is 22.3. The molecule has 1 aromatic carbocycles. The van der Waals surface area contributed by atoms with E-state index in [1.54, 1.807) is 13.3 Å². The lowest BCUT2D eigenvalue weighted by molar-refractivity contribution is -0.122. The number of nitrogens with two attached hydrogens (primary N) is 1. The van der Waals surface area contributed by atoms with E-state index in [0.717, 1.165) is 74.6 Å². The summed E-state index contributed by atoms with van der Waals surface area (Å²) in [6, 6.07) is 12.1. The summed E-state index contributed by atoms with van der Waals surface area (Å²) in [6.07, 6.45) is 5.32. The van der Waals surface area contributed by atoms with E-state index < -0.39 is 0 Å². The number of carbonyl (C=O) groups excluding carboxylic acids is 1. The topological polar surface area (TPSA) is 111 Å². The second-order valence-electron chi connectivity index (χ2n) is 8.96. The highest BCUT2D eigenvalue weighted by atomic mass is 16.5. The number of piperidine rings is 1. The molecule has 34 heavy (non-hydrogen) atoms. The number of methoxy groups -OCH3 is 1. The number of ether oxygens (including phenoxy) is 1. The summed E-state index contributed by atoms with van der Waals surface area (Å²) in [5.74, 6) is 2.68. The number of likely N-dealkylation sites (tertiary alicyclic amines) is 1. The lowest BCUT2D eigenvalue weighted by Gasteiger charge is -2.31. The number of primary amides is 1. The third kappa shape index (κ3) is 4.61. The van der Waals surface area contributed by atoms with Crippen molar-refractivity contribution >= 4 is 11.7 Å². The number of rotatable bonds is 7. The molecule has 0 aliphatic carbocycles. The SMILES string of the molecule is COc1ccccc1CN1CCCC1c1nc(-c2ccnc(N3CCC(C(N)=O)CC3)c2)no1. The molecule has 2 aromatic heterocycles. The Morgan fingerprint density at radius 1 is 1.18 bits per heavy atom. The smallest absolute Gasteiger partial charge is 0.244 e. The number of aromatic nitrogens is 3. The fourth-order valence-corrected chi connectivity index (χ4v) is 4.96. The number of amides is 1. The van der Waals surface area contributed by atoms with E-state index in [9.17, 15) is 4.79 Å². The molecule has 1 atom stereocenters. The number of nitrogens with zero attached hydrogens (tertiary/aromatic N) is 5. The van der Waals surface area contributed by atoms with E-state index in [2.05, 4.69) is 26.0 Å². The van der Waals surface area contributed by atoms with Gasteiger partial charge in [0.15, 0.2) is 0 Å². The van der Waals surface area contributed by atoms with E-state index >= 15 is 0 Å². The minimum Gasteiger partial charge on any atom is -0.496 e. The number of pyridine rings is 1. The molecule has 3 aromatic rings. The molecule has 178 valence electrons. The number of benzene rings is 1. The molecule has 9 nitrogen and oxygen atoms in total. The van der Waals surface area contributed by atoms with Gasteiger partial charge in [0.05, 0.1) is 13.2 Å². The molecule has 0 saturated carbocycles. The molecule has 2 aliphatic heterocycles. The highest BCUT2D eigenvalue weighted by Gasteiger charge is 2.31. The predicted octanol–water partition coefficient (Wildman–Crippen LogP) is 3.18. The molecule has 2 aliphatic rings. The Hall–Kier alpha value is -3.46. The molecular formula is C25H30N6O3. The summed E-state index contributed by atoms with van der Waals surface area (Å²) < 4.78 is 11.3. The van der Waals surface area contributed by atoms with Crippen LogP contribution in [-0.2, 0) is 11.3 Å². The zero-order valence-electron chi connectivity index (χ0n) is 19.4. The zero-order valence-corrected chi connectivity index (χ0v) is 19.4. The van der Waals surface area contributed by atoms with Gasteiger partial charge in [-0.25, -0.2) is 4.98 Å². The van der Waals surface area contributed by atoms with Crippen LogP contribution in [0.5, 0.6) is 5.75 Å². The minimum absolute atomic E-state index is 0.0515. The second-order valence-corrected chi connectivity index (χ2v) is 8.96. The van der Waals surface area contributed by atoms with Crippen LogP contribution < -0.4 is 15.4 Å². The maximum atomic E-state index is 11.5. The minimum atomic E-state index is -0.215. The summed E-state index contributed by atoms with van der Waals surface area (Å²) in [6.45, 7) is 3.25. The number of hydrogen-bond acceptors (Lipinski definition) is 8. The lowest BCUT2D eigenvalue weighted by Crippen LogP contribution is -2.38. The monoisotopic (exact) mass is 462 g/mol. The van der Waals surface area contributed by atoms with E-state index in [-0.39, 0.29) is 17.9 Å². The molecule has 5 rings (SSSR count). The quantitative estimate of drug-likeness (QED) is 0.570. The molecule has 4 heterocycles. The summed E-state index contributed by atoms with van der Waals surface area (Å²) in [7, 11) is 1.70. The van der Waals surface area contributed by atoms with Crippen molar-refractivity contribution in [2.45, 2.75) is 38.3 Å². The Morgan fingerprint density at radius 2 is 2.00 bits per heavy atom. The van der Waals surface area contributed by atoms with E-state index in [1.165, 1.54) is 0 Å². The normalized spacial score (nSPS) is 19.4. The van der Waals surface area contributed by atoms with Crippen molar-refractivity contribution in [3.05, 3.63) is 54.0 Å². The molecule has 9 heteroatoms. The first-order valence-corrected chi connectivity index (χ1v) is 11.8. The van der Waals surface area contributed by atoms with Crippen LogP contribution in [0.2, 0.25) is 0 Å². The lowest BCUT2D eigenvalue weighted by atomic mass is 9.96. The van der Waals surface area contributed by atoms with Gasteiger partial charge in [-0.1, -0.05) is 23.4 Å². The molecule has 2 N–H and O–H groups in total. The molecule has 2 saturated heterocycles. The van der Waals surface area contributed by atoms with E-state index in [1.807, 2.05) is 30.3 Å². The van der Waals surface area contributed by atoms with Crippen molar-refractivity contribution in [2.24, 2.45) is 11.7 Å². The fourth-order valence-electron chi connectivity index (χ4n) is 4.96. The van der Waals surface area contributed by atoms with Gasteiger partial charge in [0.25, 0.3) is 0 Å². The maximum Gasteiger partial charge on any atom is 0.244 e. The van der Waals surface area contributed by atoms with Crippen molar-refractivity contribution in [3.63, 3.8) is 0 Å². The van der Waals surface area contributed by atoms with Crippen molar-refractivity contribution in [1.82, 2.24) is 20.0 Å². The third-order valence-electron chi connectivity index (χ3n) is 6.88. The summed E-state index contributed by atoms with van der Waals surface area (Å²) >= 11 is 0. The van der Waals surface area contributed by atoms with Crippen LogP contribution in [0.3, 0.4) is 0 Å². The largest absolute Gasteiger partial charge is 0.496 e. The summed E-state index contributed by atoms with van der Waals surface area (Å²) in [4.78, 5) is 25.3. The van der Waals surface area contributed by atoms with Crippen molar-refractivity contribution in [1.29, 1.82) is 0 Å². The van der Waals surface area contributed by atoms with Gasteiger partial charge in [0, 0.05) is 42.9 Å². The van der Waals surface area contributed by atoms with Gasteiger partial charge in [-0.2, -0.15) is 4.98 Å². The summed E-state index contributed by atoms with van der Waals surface area (Å²) in [5.41, 5.74) is 7.48. The molecule has 2 fully saturated rings. The predicted molar refractivity (Wildman–Crippen MR) is 127 cm³/mol. The van der Waals surface area contributed by atoms with E-state index in [4.69, 9.17) is 20.0 Å². The average Bonchev–Trinajstić information content (AvgIpc) is 3.54. The third-order valence-corrected chi connectivity index (χ3v) is 6.88. The first-order chi connectivity index (χ1) is 16.6.